The molecule has 1 aromatic heterocycles. The second-order valence-corrected chi connectivity index (χ2v) is 7.20. The minimum Gasteiger partial charge on any atom is -0.497 e. The van der Waals surface area contributed by atoms with E-state index >= 15 is 0 Å². The molecule has 0 radical (unpaired) electrons. The standard InChI is InChI=1S/C20H27N3O4S/c1-5-6-7-10-23(12-18(24)22-20-21-14(2)13-28-20)19(25)16-9-8-15(26-3)11-17(16)27-4/h8-9,11,13H,5-7,10,12H2,1-4H3,(H,21,22,24). The molecule has 2 rings (SSSR count). The minimum atomic E-state index is -0.272. The monoisotopic (exact) mass is 405 g/mol. The van der Waals surface area contributed by atoms with Gasteiger partial charge in [-0.2, -0.15) is 0 Å². The van der Waals surface area contributed by atoms with Gasteiger partial charge in [0.1, 0.15) is 18.0 Å². The molecule has 1 N–H and O–H groups in total. The Morgan fingerprint density at radius 3 is 2.61 bits per heavy atom. The number of methoxy groups -OCH3 is 2. The zero-order chi connectivity index (χ0) is 20.5. The molecule has 0 aliphatic rings. The molecule has 0 aliphatic carbocycles. The summed E-state index contributed by atoms with van der Waals surface area (Å²) in [6, 6.07) is 5.03. The third-order valence-corrected chi connectivity index (χ3v) is 5.03. The maximum absolute atomic E-state index is 13.1. The molecule has 28 heavy (non-hydrogen) atoms. The van der Waals surface area contributed by atoms with Crippen molar-refractivity contribution in [1.29, 1.82) is 0 Å². The van der Waals surface area contributed by atoms with Crippen LogP contribution in [0.1, 0.15) is 42.2 Å². The number of carbonyl (C=O) groups is 2. The number of thiazole rings is 1. The second kappa shape index (κ2) is 10.7. The van der Waals surface area contributed by atoms with Crippen LogP contribution in [0, 0.1) is 6.92 Å². The fourth-order valence-electron chi connectivity index (χ4n) is 2.69. The number of nitrogens with one attached hydrogen (secondary N) is 1. The van der Waals surface area contributed by atoms with E-state index < -0.39 is 0 Å². The van der Waals surface area contributed by atoms with Gasteiger partial charge < -0.3 is 19.7 Å². The third kappa shape index (κ3) is 5.95. The largest absolute Gasteiger partial charge is 0.497 e. The van der Waals surface area contributed by atoms with Crippen molar-refractivity contribution in [3.8, 4) is 11.5 Å². The Hall–Kier alpha value is -2.61. The molecule has 0 aliphatic heterocycles. The van der Waals surface area contributed by atoms with Gasteiger partial charge in [0, 0.05) is 18.0 Å². The number of rotatable bonds is 10. The average Bonchev–Trinajstić information content (AvgIpc) is 3.10. The summed E-state index contributed by atoms with van der Waals surface area (Å²) < 4.78 is 10.5. The Bertz CT molecular complexity index is 806. The highest BCUT2D eigenvalue weighted by Gasteiger charge is 2.22. The van der Waals surface area contributed by atoms with E-state index in [1.54, 1.807) is 30.2 Å². The second-order valence-electron chi connectivity index (χ2n) is 6.34. The van der Waals surface area contributed by atoms with Crippen LogP contribution in [-0.2, 0) is 4.79 Å². The number of hydrogen-bond donors (Lipinski definition) is 1. The van der Waals surface area contributed by atoms with E-state index in [4.69, 9.17) is 9.47 Å². The number of hydrogen-bond acceptors (Lipinski definition) is 6. The van der Waals surface area contributed by atoms with E-state index in [1.165, 1.54) is 18.4 Å². The summed E-state index contributed by atoms with van der Waals surface area (Å²) in [5.41, 5.74) is 1.25. The molecule has 0 saturated heterocycles. The van der Waals surface area contributed by atoms with E-state index in [-0.39, 0.29) is 18.4 Å². The Balaban J connectivity index is 2.16. The van der Waals surface area contributed by atoms with Crippen molar-refractivity contribution in [3.05, 3.63) is 34.8 Å². The highest BCUT2D eigenvalue weighted by atomic mass is 32.1. The zero-order valence-corrected chi connectivity index (χ0v) is 17.6. The van der Waals surface area contributed by atoms with E-state index in [0.29, 0.717) is 28.7 Å². The van der Waals surface area contributed by atoms with Gasteiger partial charge in [0.2, 0.25) is 5.91 Å². The average molecular weight is 406 g/mol. The number of nitrogens with zero attached hydrogens (tertiary/aromatic N) is 2. The lowest BCUT2D eigenvalue weighted by molar-refractivity contribution is -0.116. The van der Waals surface area contributed by atoms with Crippen molar-refractivity contribution in [2.75, 3.05) is 32.6 Å². The summed E-state index contributed by atoms with van der Waals surface area (Å²) in [6.45, 7) is 4.40. The van der Waals surface area contributed by atoms with Crippen LogP contribution in [0.5, 0.6) is 11.5 Å². The van der Waals surface area contributed by atoms with Crippen molar-refractivity contribution in [1.82, 2.24) is 9.88 Å². The van der Waals surface area contributed by atoms with Gasteiger partial charge in [0.05, 0.1) is 25.5 Å². The van der Waals surface area contributed by atoms with Crippen LogP contribution in [0.15, 0.2) is 23.6 Å². The molecule has 8 heteroatoms. The lowest BCUT2D eigenvalue weighted by atomic mass is 10.1. The molecular formula is C20H27N3O4S. The number of aromatic nitrogens is 1. The first-order valence-electron chi connectivity index (χ1n) is 9.21. The van der Waals surface area contributed by atoms with E-state index in [0.717, 1.165) is 25.0 Å². The Kier molecular flexibility index (Phi) is 8.25. The fraction of sp³-hybridized carbons (Fsp3) is 0.450. The molecule has 0 saturated carbocycles. The molecule has 2 amide bonds. The minimum absolute atomic E-state index is 0.0453. The number of ether oxygens (including phenoxy) is 2. The first kappa shape index (κ1) is 21.7. The van der Waals surface area contributed by atoms with Crippen LogP contribution in [0.25, 0.3) is 0 Å². The maximum atomic E-state index is 13.1. The molecular weight excluding hydrogens is 378 g/mol. The summed E-state index contributed by atoms with van der Waals surface area (Å²) in [6.07, 6.45) is 2.83. The van der Waals surface area contributed by atoms with Gasteiger partial charge in [0.25, 0.3) is 5.91 Å². The van der Waals surface area contributed by atoms with Crippen molar-refractivity contribution < 1.29 is 19.1 Å². The van der Waals surface area contributed by atoms with Gasteiger partial charge in [0.15, 0.2) is 5.13 Å². The molecule has 0 atom stereocenters. The molecule has 0 spiro atoms. The number of carbonyl (C=O) groups excluding carboxylic acids is 2. The topological polar surface area (TPSA) is 80.8 Å². The summed E-state index contributed by atoms with van der Waals surface area (Å²) in [5.74, 6) is 0.497. The van der Waals surface area contributed by atoms with Gasteiger partial charge in [-0.25, -0.2) is 4.98 Å². The van der Waals surface area contributed by atoms with Gasteiger partial charge in [-0.05, 0) is 25.5 Å². The highest BCUT2D eigenvalue weighted by Crippen LogP contribution is 2.26. The van der Waals surface area contributed by atoms with Crippen LogP contribution >= 0.6 is 11.3 Å². The van der Waals surface area contributed by atoms with Gasteiger partial charge in [-0.3, -0.25) is 9.59 Å². The lowest BCUT2D eigenvalue weighted by Gasteiger charge is -2.23. The quantitative estimate of drug-likeness (QED) is 0.609. The first-order chi connectivity index (χ1) is 13.5. The van der Waals surface area contributed by atoms with Crippen LogP contribution in [-0.4, -0.2) is 49.0 Å². The van der Waals surface area contributed by atoms with Gasteiger partial charge in [-0.15, -0.1) is 11.3 Å². The first-order valence-corrected chi connectivity index (χ1v) is 10.1. The molecule has 0 bridgehead atoms. The number of amides is 2. The highest BCUT2D eigenvalue weighted by molar-refractivity contribution is 7.13. The number of benzene rings is 1. The maximum Gasteiger partial charge on any atom is 0.258 e. The van der Waals surface area contributed by atoms with E-state index in [1.807, 2.05) is 12.3 Å². The number of aryl methyl sites for hydroxylation is 1. The molecule has 2 aromatic rings. The summed E-state index contributed by atoms with van der Waals surface area (Å²) >= 11 is 1.36. The van der Waals surface area contributed by atoms with Crippen LogP contribution in [0.3, 0.4) is 0 Å². The van der Waals surface area contributed by atoms with Crippen molar-refractivity contribution in [2.45, 2.75) is 33.1 Å². The zero-order valence-electron chi connectivity index (χ0n) is 16.8. The van der Waals surface area contributed by atoms with Crippen molar-refractivity contribution >= 4 is 28.3 Å². The van der Waals surface area contributed by atoms with E-state index in [9.17, 15) is 9.59 Å². The SMILES string of the molecule is CCCCCN(CC(=O)Nc1nc(C)cs1)C(=O)c1ccc(OC)cc1OC. The Morgan fingerprint density at radius 2 is 2.00 bits per heavy atom. The van der Waals surface area contributed by atoms with Gasteiger partial charge in [-0.1, -0.05) is 19.8 Å². The number of unbranched alkanes of at least 4 members (excludes halogenated alkanes) is 2. The third-order valence-electron chi connectivity index (χ3n) is 4.16. The summed E-state index contributed by atoms with van der Waals surface area (Å²) in [4.78, 5) is 31.4. The lowest BCUT2D eigenvalue weighted by Crippen LogP contribution is -2.38. The van der Waals surface area contributed by atoms with Crippen LogP contribution in [0.4, 0.5) is 5.13 Å². The smallest absolute Gasteiger partial charge is 0.258 e. The Labute approximate surface area is 169 Å². The molecule has 0 fully saturated rings. The van der Waals surface area contributed by atoms with Gasteiger partial charge >= 0.3 is 0 Å². The molecule has 0 unspecified atom stereocenters. The summed E-state index contributed by atoms with van der Waals surface area (Å²) in [5, 5.41) is 5.16. The molecule has 152 valence electrons. The van der Waals surface area contributed by atoms with E-state index in [2.05, 4.69) is 17.2 Å². The molecule has 7 nitrogen and oxygen atoms in total. The predicted octanol–water partition coefficient (Wildman–Crippen LogP) is 3.74. The number of anilines is 1. The normalized spacial score (nSPS) is 10.4. The van der Waals surface area contributed by atoms with Crippen LogP contribution < -0.4 is 14.8 Å². The van der Waals surface area contributed by atoms with Crippen LogP contribution in [0.2, 0.25) is 0 Å². The Morgan fingerprint density at radius 1 is 1.21 bits per heavy atom. The van der Waals surface area contributed by atoms with Crippen molar-refractivity contribution in [2.24, 2.45) is 0 Å². The predicted molar refractivity (Wildman–Crippen MR) is 110 cm³/mol. The molecule has 1 heterocycles. The fourth-order valence-corrected chi connectivity index (χ4v) is 3.40. The van der Waals surface area contributed by atoms with Crippen molar-refractivity contribution in [3.63, 3.8) is 0 Å². The molecule has 1 aromatic carbocycles. The summed E-state index contributed by atoms with van der Waals surface area (Å²) in [7, 11) is 3.06.